The molecule has 0 saturated carbocycles. The molecule has 0 spiro atoms. The van der Waals surface area contributed by atoms with E-state index in [-0.39, 0.29) is 11.9 Å². The summed E-state index contributed by atoms with van der Waals surface area (Å²) in [6.45, 7) is 8.34. The smallest absolute Gasteiger partial charge is 0.224 e. The van der Waals surface area contributed by atoms with Gasteiger partial charge in [-0.15, -0.1) is 0 Å². The van der Waals surface area contributed by atoms with Crippen LogP contribution in [0, 0.1) is 13.8 Å². The number of rotatable bonds is 6. The molecule has 0 bridgehead atoms. The van der Waals surface area contributed by atoms with Crippen molar-refractivity contribution in [3.63, 3.8) is 0 Å². The summed E-state index contributed by atoms with van der Waals surface area (Å²) in [6, 6.07) is 16.5. The number of nitrogens with one attached hydrogen (secondary N) is 1. The Labute approximate surface area is 156 Å². The van der Waals surface area contributed by atoms with E-state index in [4.69, 9.17) is 4.74 Å². The second-order valence-corrected chi connectivity index (χ2v) is 7.04. The molecule has 4 heteroatoms. The number of hydrogen-bond donors (Lipinski definition) is 1. The molecule has 0 radical (unpaired) electrons. The van der Waals surface area contributed by atoms with Crippen LogP contribution in [-0.4, -0.2) is 43.7 Å². The maximum atomic E-state index is 12.7. The molecule has 2 aromatic carbocycles. The van der Waals surface area contributed by atoms with Gasteiger partial charge in [-0.1, -0.05) is 48.5 Å². The maximum Gasteiger partial charge on any atom is 0.224 e. The molecule has 0 aromatic heterocycles. The van der Waals surface area contributed by atoms with E-state index in [1.54, 1.807) is 0 Å². The first kappa shape index (κ1) is 18.6. The Balaban J connectivity index is 1.67. The van der Waals surface area contributed by atoms with Gasteiger partial charge < -0.3 is 10.1 Å². The van der Waals surface area contributed by atoms with Crippen molar-refractivity contribution in [3.8, 4) is 0 Å². The maximum absolute atomic E-state index is 12.7. The number of morpholine rings is 1. The van der Waals surface area contributed by atoms with Gasteiger partial charge in [0.05, 0.1) is 25.7 Å². The summed E-state index contributed by atoms with van der Waals surface area (Å²) in [4.78, 5) is 15.0. The zero-order valence-corrected chi connectivity index (χ0v) is 15.7. The largest absolute Gasteiger partial charge is 0.379 e. The monoisotopic (exact) mass is 352 g/mol. The summed E-state index contributed by atoms with van der Waals surface area (Å²) in [5.74, 6) is 0.0652. The van der Waals surface area contributed by atoms with Crippen molar-refractivity contribution in [2.75, 3.05) is 32.8 Å². The first-order valence-corrected chi connectivity index (χ1v) is 9.32. The number of amides is 1. The molecule has 1 atom stereocenters. The highest BCUT2D eigenvalue weighted by atomic mass is 16.5. The predicted octanol–water partition coefficient (Wildman–Crippen LogP) is 3.04. The van der Waals surface area contributed by atoms with Crippen LogP contribution in [-0.2, 0) is 16.0 Å². The molecule has 1 saturated heterocycles. The summed E-state index contributed by atoms with van der Waals surface area (Å²) < 4.78 is 5.44. The van der Waals surface area contributed by atoms with Gasteiger partial charge in [0.1, 0.15) is 0 Å². The SMILES string of the molecule is Cc1ccc(CC(=O)NC(CN2CCOCC2)c2ccccc2)cc1C. The molecule has 1 amide bonds. The molecule has 1 heterocycles. The lowest BCUT2D eigenvalue weighted by Gasteiger charge is -2.31. The average molecular weight is 352 g/mol. The van der Waals surface area contributed by atoms with E-state index in [1.807, 2.05) is 24.3 Å². The second kappa shape index (κ2) is 8.97. The highest BCUT2D eigenvalue weighted by Gasteiger charge is 2.20. The van der Waals surface area contributed by atoms with E-state index in [0.717, 1.165) is 44.0 Å². The highest BCUT2D eigenvalue weighted by Crippen LogP contribution is 2.16. The van der Waals surface area contributed by atoms with Gasteiger partial charge >= 0.3 is 0 Å². The van der Waals surface area contributed by atoms with Crippen molar-refractivity contribution in [3.05, 3.63) is 70.8 Å². The van der Waals surface area contributed by atoms with Crippen molar-refractivity contribution >= 4 is 5.91 Å². The third-order valence-electron chi connectivity index (χ3n) is 5.02. The fourth-order valence-corrected chi connectivity index (χ4v) is 3.31. The van der Waals surface area contributed by atoms with Gasteiger partial charge in [-0.3, -0.25) is 9.69 Å². The molecule has 1 N–H and O–H groups in total. The Kier molecular flexibility index (Phi) is 6.42. The first-order valence-electron chi connectivity index (χ1n) is 9.32. The first-order chi connectivity index (χ1) is 12.6. The van der Waals surface area contributed by atoms with Gasteiger partial charge in [-0.05, 0) is 36.1 Å². The Hall–Kier alpha value is -2.17. The molecule has 1 aliphatic rings. The van der Waals surface area contributed by atoms with Crippen LogP contribution >= 0.6 is 0 Å². The van der Waals surface area contributed by atoms with E-state index in [1.165, 1.54) is 11.1 Å². The summed E-state index contributed by atoms with van der Waals surface area (Å²) in [7, 11) is 0. The van der Waals surface area contributed by atoms with E-state index < -0.39 is 0 Å². The Morgan fingerprint density at radius 2 is 1.81 bits per heavy atom. The molecule has 2 aromatic rings. The Morgan fingerprint density at radius 1 is 1.08 bits per heavy atom. The fraction of sp³-hybridized carbons (Fsp3) is 0.409. The zero-order valence-electron chi connectivity index (χ0n) is 15.7. The summed E-state index contributed by atoms with van der Waals surface area (Å²) >= 11 is 0. The normalized spacial score (nSPS) is 16.2. The lowest BCUT2D eigenvalue weighted by atomic mass is 10.0. The molecule has 4 nitrogen and oxygen atoms in total. The molecule has 1 unspecified atom stereocenters. The summed E-state index contributed by atoms with van der Waals surface area (Å²) in [5.41, 5.74) is 4.68. The van der Waals surface area contributed by atoms with Crippen molar-refractivity contribution < 1.29 is 9.53 Å². The third-order valence-corrected chi connectivity index (χ3v) is 5.02. The minimum Gasteiger partial charge on any atom is -0.379 e. The van der Waals surface area contributed by atoms with E-state index >= 15 is 0 Å². The number of benzene rings is 2. The van der Waals surface area contributed by atoms with Crippen molar-refractivity contribution in [1.82, 2.24) is 10.2 Å². The fourth-order valence-electron chi connectivity index (χ4n) is 3.31. The van der Waals surface area contributed by atoms with Crippen LogP contribution in [0.15, 0.2) is 48.5 Å². The van der Waals surface area contributed by atoms with Crippen LogP contribution in [0.3, 0.4) is 0 Å². The Bertz CT molecular complexity index is 724. The Morgan fingerprint density at radius 3 is 2.50 bits per heavy atom. The predicted molar refractivity (Wildman–Crippen MR) is 104 cm³/mol. The number of carbonyl (C=O) groups excluding carboxylic acids is 1. The number of carbonyl (C=O) groups is 1. The molecular weight excluding hydrogens is 324 g/mol. The quantitative estimate of drug-likeness (QED) is 0.869. The van der Waals surface area contributed by atoms with Gasteiger partial charge in [0.15, 0.2) is 0 Å². The van der Waals surface area contributed by atoms with Crippen LogP contribution in [0.2, 0.25) is 0 Å². The van der Waals surface area contributed by atoms with Crippen LogP contribution in [0.5, 0.6) is 0 Å². The summed E-state index contributed by atoms with van der Waals surface area (Å²) in [6.07, 6.45) is 0.410. The second-order valence-electron chi connectivity index (χ2n) is 7.04. The average Bonchev–Trinajstić information content (AvgIpc) is 2.66. The van der Waals surface area contributed by atoms with Crippen LogP contribution in [0.25, 0.3) is 0 Å². The minimum atomic E-state index is -0.00616. The van der Waals surface area contributed by atoms with Gasteiger partial charge in [0, 0.05) is 19.6 Å². The van der Waals surface area contributed by atoms with Gasteiger partial charge in [-0.2, -0.15) is 0 Å². The topological polar surface area (TPSA) is 41.6 Å². The molecule has 26 heavy (non-hydrogen) atoms. The van der Waals surface area contributed by atoms with Gasteiger partial charge in [0.2, 0.25) is 5.91 Å². The third kappa shape index (κ3) is 5.16. The van der Waals surface area contributed by atoms with Crippen molar-refractivity contribution in [2.45, 2.75) is 26.3 Å². The van der Waals surface area contributed by atoms with E-state index in [2.05, 4.69) is 48.3 Å². The van der Waals surface area contributed by atoms with Gasteiger partial charge in [0.25, 0.3) is 0 Å². The molecule has 3 rings (SSSR count). The minimum absolute atomic E-state index is 0.00616. The van der Waals surface area contributed by atoms with E-state index in [0.29, 0.717) is 6.42 Å². The van der Waals surface area contributed by atoms with Crippen LogP contribution in [0.4, 0.5) is 0 Å². The lowest BCUT2D eigenvalue weighted by Crippen LogP contribution is -2.43. The molecule has 1 aliphatic heterocycles. The van der Waals surface area contributed by atoms with Gasteiger partial charge in [-0.25, -0.2) is 0 Å². The van der Waals surface area contributed by atoms with Crippen molar-refractivity contribution in [1.29, 1.82) is 0 Å². The molecular formula is C22H28N2O2. The van der Waals surface area contributed by atoms with E-state index in [9.17, 15) is 4.79 Å². The summed E-state index contributed by atoms with van der Waals surface area (Å²) in [5, 5.41) is 3.24. The van der Waals surface area contributed by atoms with Crippen LogP contribution in [0.1, 0.15) is 28.3 Å². The number of nitrogens with zero attached hydrogens (tertiary/aromatic N) is 1. The zero-order chi connectivity index (χ0) is 18.4. The number of ether oxygens (including phenoxy) is 1. The molecule has 138 valence electrons. The highest BCUT2D eigenvalue weighted by molar-refractivity contribution is 5.79. The standard InChI is InChI=1S/C22H28N2O2/c1-17-8-9-19(14-18(17)2)15-22(25)23-21(20-6-4-3-5-7-20)16-24-10-12-26-13-11-24/h3-9,14,21H,10-13,15-16H2,1-2H3,(H,23,25). The molecule has 1 fully saturated rings. The number of aryl methyl sites for hydroxylation is 2. The molecule has 0 aliphatic carbocycles. The van der Waals surface area contributed by atoms with Crippen LogP contribution < -0.4 is 5.32 Å². The van der Waals surface area contributed by atoms with Crippen molar-refractivity contribution in [2.24, 2.45) is 0 Å². The lowest BCUT2D eigenvalue weighted by molar-refractivity contribution is -0.121. The number of hydrogen-bond acceptors (Lipinski definition) is 3.